The van der Waals surface area contributed by atoms with Crippen LogP contribution >= 0.6 is 11.6 Å². The highest BCUT2D eigenvalue weighted by molar-refractivity contribution is 7.92. The van der Waals surface area contributed by atoms with Crippen molar-refractivity contribution in [3.8, 4) is 11.5 Å². The lowest BCUT2D eigenvalue weighted by molar-refractivity contribution is -0.128. The minimum absolute atomic E-state index is 0.0821. The zero-order valence-corrected chi connectivity index (χ0v) is 21.9. The number of nitrogens with zero attached hydrogens (tertiary/aromatic N) is 1. The Kier molecular flexibility index (Phi) is 7.76. The van der Waals surface area contributed by atoms with Gasteiger partial charge in [-0.3, -0.25) is 9.10 Å². The molecule has 1 amide bonds. The van der Waals surface area contributed by atoms with E-state index in [1.807, 2.05) is 24.3 Å². The number of methoxy groups -OCH3 is 1. The molecule has 190 valence electrons. The fourth-order valence-corrected chi connectivity index (χ4v) is 5.75. The van der Waals surface area contributed by atoms with Gasteiger partial charge in [0.1, 0.15) is 11.5 Å². The lowest BCUT2D eigenvalue weighted by Gasteiger charge is -2.35. The third-order valence-electron chi connectivity index (χ3n) is 5.97. The normalized spacial score (nSPS) is 16.1. The van der Waals surface area contributed by atoms with Crippen molar-refractivity contribution in [3.63, 3.8) is 0 Å². The molecule has 0 radical (unpaired) electrons. The van der Waals surface area contributed by atoms with Crippen LogP contribution in [-0.2, 0) is 14.8 Å². The van der Waals surface area contributed by atoms with Gasteiger partial charge in [-0.25, -0.2) is 8.42 Å². The maximum Gasteiger partial charge on any atom is 0.264 e. The zero-order valence-electron chi connectivity index (χ0n) is 20.3. The zero-order chi connectivity index (χ0) is 25.9. The summed E-state index contributed by atoms with van der Waals surface area (Å²) in [6, 6.07) is 20.0. The summed E-state index contributed by atoms with van der Waals surface area (Å²) in [6.07, 6.45) is -0.330. The summed E-state index contributed by atoms with van der Waals surface area (Å²) >= 11 is 5.96. The van der Waals surface area contributed by atoms with Gasteiger partial charge in [-0.1, -0.05) is 49.7 Å². The van der Waals surface area contributed by atoms with Crippen LogP contribution in [-0.4, -0.2) is 34.1 Å². The van der Waals surface area contributed by atoms with Crippen molar-refractivity contribution in [2.75, 3.05) is 18.0 Å². The van der Waals surface area contributed by atoms with Crippen LogP contribution in [0.25, 0.3) is 0 Å². The van der Waals surface area contributed by atoms with Gasteiger partial charge in [-0.2, -0.15) is 0 Å². The van der Waals surface area contributed by atoms with Crippen molar-refractivity contribution >= 4 is 33.2 Å². The number of sulfonamides is 1. The number of carbonyl (C=O) groups is 1. The van der Waals surface area contributed by atoms with Crippen molar-refractivity contribution in [1.29, 1.82) is 0 Å². The van der Waals surface area contributed by atoms with Crippen molar-refractivity contribution in [3.05, 3.63) is 83.4 Å². The predicted octanol–water partition coefficient (Wildman–Crippen LogP) is 5.21. The third kappa shape index (κ3) is 5.60. The number of fused-ring (bicyclic) bond motifs is 1. The molecular formula is C27H29ClN2O5S. The molecule has 7 nitrogen and oxygen atoms in total. The Morgan fingerprint density at radius 1 is 1.08 bits per heavy atom. The summed E-state index contributed by atoms with van der Waals surface area (Å²) in [4.78, 5) is 13.5. The fourth-order valence-electron chi connectivity index (χ4n) is 4.15. The van der Waals surface area contributed by atoms with Crippen molar-refractivity contribution in [2.45, 2.75) is 37.3 Å². The number of para-hydroxylation sites is 2. The van der Waals surface area contributed by atoms with E-state index in [2.05, 4.69) is 19.2 Å². The van der Waals surface area contributed by atoms with Gasteiger partial charge in [0.15, 0.2) is 6.10 Å². The van der Waals surface area contributed by atoms with E-state index in [0.717, 1.165) is 11.3 Å². The van der Waals surface area contributed by atoms with Gasteiger partial charge >= 0.3 is 0 Å². The molecule has 36 heavy (non-hydrogen) atoms. The van der Waals surface area contributed by atoms with Gasteiger partial charge in [-0.05, 0) is 66.4 Å². The molecule has 1 heterocycles. The lowest BCUT2D eigenvalue weighted by atomic mass is 9.96. The molecular weight excluding hydrogens is 500 g/mol. The molecule has 1 aliphatic heterocycles. The van der Waals surface area contributed by atoms with E-state index in [4.69, 9.17) is 21.1 Å². The first kappa shape index (κ1) is 25.9. The molecule has 0 bridgehead atoms. The topological polar surface area (TPSA) is 84.9 Å². The molecule has 0 aliphatic carbocycles. The maximum atomic E-state index is 13.6. The molecule has 3 aromatic rings. The lowest BCUT2D eigenvalue weighted by Crippen LogP contribution is -2.51. The van der Waals surface area contributed by atoms with Crippen LogP contribution in [0, 0.1) is 5.92 Å². The molecule has 0 aromatic heterocycles. The van der Waals surface area contributed by atoms with E-state index in [-0.39, 0.29) is 23.4 Å². The van der Waals surface area contributed by atoms with E-state index < -0.39 is 16.1 Å². The molecule has 2 atom stereocenters. The standard InChI is InChI=1S/C27H29ClN2O5S/c1-18(2)16-23(19-8-12-21(34-3)13-9-19)29-27(31)26-17-30(24-6-4-5-7-25(24)35-26)36(32,33)22-14-10-20(28)11-15-22/h4-15,18,23,26H,16-17H2,1-3H3,(H,29,31)/t23-,26-/m0/s1. The molecule has 1 N–H and O–H groups in total. The molecule has 1 aliphatic rings. The molecule has 0 unspecified atom stereocenters. The Bertz CT molecular complexity index is 1310. The minimum atomic E-state index is -3.97. The van der Waals surface area contributed by atoms with E-state index in [0.29, 0.717) is 28.8 Å². The average molecular weight is 529 g/mol. The fraction of sp³-hybridized carbons (Fsp3) is 0.296. The number of benzene rings is 3. The summed E-state index contributed by atoms with van der Waals surface area (Å²) in [5.74, 6) is 0.976. The van der Waals surface area contributed by atoms with Crippen LogP contribution < -0.4 is 19.1 Å². The number of hydrogen-bond acceptors (Lipinski definition) is 5. The van der Waals surface area contributed by atoms with E-state index >= 15 is 0 Å². The quantitative estimate of drug-likeness (QED) is 0.434. The molecule has 0 saturated heterocycles. The number of amides is 1. The second kappa shape index (κ2) is 10.8. The second-order valence-electron chi connectivity index (χ2n) is 9.03. The minimum Gasteiger partial charge on any atom is -0.497 e. The SMILES string of the molecule is COc1ccc([C@H](CC(C)C)NC(=O)[C@@H]2CN(S(=O)(=O)c3ccc(Cl)cc3)c3ccccc3O2)cc1. The first-order valence-electron chi connectivity index (χ1n) is 11.7. The van der Waals surface area contributed by atoms with Gasteiger partial charge in [-0.15, -0.1) is 0 Å². The molecule has 0 fully saturated rings. The highest BCUT2D eigenvalue weighted by Gasteiger charge is 2.38. The predicted molar refractivity (Wildman–Crippen MR) is 140 cm³/mol. The van der Waals surface area contributed by atoms with Gasteiger partial charge in [0.05, 0.1) is 30.3 Å². The first-order chi connectivity index (χ1) is 17.2. The monoisotopic (exact) mass is 528 g/mol. The van der Waals surface area contributed by atoms with Crippen LogP contribution in [0.2, 0.25) is 5.02 Å². The highest BCUT2D eigenvalue weighted by atomic mass is 35.5. The van der Waals surface area contributed by atoms with E-state index in [1.165, 1.54) is 28.6 Å². The molecule has 0 saturated carbocycles. The van der Waals surface area contributed by atoms with Gasteiger partial charge in [0.2, 0.25) is 0 Å². The molecule has 9 heteroatoms. The summed E-state index contributed by atoms with van der Waals surface area (Å²) in [7, 11) is -2.36. The van der Waals surface area contributed by atoms with E-state index in [1.54, 1.807) is 31.4 Å². The summed E-state index contributed by atoms with van der Waals surface area (Å²) < 4.78 is 39.6. The number of ether oxygens (including phenoxy) is 2. The van der Waals surface area contributed by atoms with E-state index in [9.17, 15) is 13.2 Å². The van der Waals surface area contributed by atoms with Crippen molar-refractivity contribution in [2.24, 2.45) is 5.92 Å². The number of carbonyl (C=O) groups excluding carboxylic acids is 1. The van der Waals surface area contributed by atoms with Gasteiger partial charge < -0.3 is 14.8 Å². The van der Waals surface area contributed by atoms with Gasteiger partial charge in [0, 0.05) is 5.02 Å². The summed E-state index contributed by atoms with van der Waals surface area (Å²) in [5, 5.41) is 3.51. The Morgan fingerprint density at radius 3 is 2.39 bits per heavy atom. The Hall–Kier alpha value is -3.23. The summed E-state index contributed by atoms with van der Waals surface area (Å²) in [5.41, 5.74) is 1.31. The van der Waals surface area contributed by atoms with Crippen LogP contribution in [0.1, 0.15) is 31.9 Å². The Balaban J connectivity index is 1.62. The first-order valence-corrected chi connectivity index (χ1v) is 13.5. The van der Waals surface area contributed by atoms with Crippen LogP contribution in [0.5, 0.6) is 11.5 Å². The highest BCUT2D eigenvalue weighted by Crippen LogP contribution is 2.37. The summed E-state index contributed by atoms with van der Waals surface area (Å²) in [6.45, 7) is 4.00. The number of halogens is 1. The maximum absolute atomic E-state index is 13.6. The third-order valence-corrected chi connectivity index (χ3v) is 8.02. The average Bonchev–Trinajstić information content (AvgIpc) is 2.87. The molecule has 4 rings (SSSR count). The Labute approximate surface area is 217 Å². The van der Waals surface area contributed by atoms with Crippen molar-refractivity contribution in [1.82, 2.24) is 5.32 Å². The number of nitrogens with one attached hydrogen (secondary N) is 1. The Morgan fingerprint density at radius 2 is 1.75 bits per heavy atom. The molecule has 3 aromatic carbocycles. The number of anilines is 1. The molecule has 0 spiro atoms. The van der Waals surface area contributed by atoms with Crippen LogP contribution in [0.3, 0.4) is 0 Å². The number of rotatable bonds is 8. The largest absolute Gasteiger partial charge is 0.497 e. The van der Waals surface area contributed by atoms with Gasteiger partial charge in [0.25, 0.3) is 15.9 Å². The smallest absolute Gasteiger partial charge is 0.264 e. The number of hydrogen-bond donors (Lipinski definition) is 1. The van der Waals surface area contributed by atoms with Crippen LogP contribution in [0.4, 0.5) is 5.69 Å². The second-order valence-corrected chi connectivity index (χ2v) is 11.3. The van der Waals surface area contributed by atoms with Crippen molar-refractivity contribution < 1.29 is 22.7 Å². The van der Waals surface area contributed by atoms with Crippen LogP contribution in [0.15, 0.2) is 77.7 Å².